The number of rotatable bonds is 8. The summed E-state index contributed by atoms with van der Waals surface area (Å²) in [5.74, 6) is -0.749. The second kappa shape index (κ2) is 8.35. The standard InChI is InChI=1S/C16H23NO3/c1-3-11-17(12-4-2)15(18)10-7-13-5-8-14(9-6-13)16(19)20/h5-6,8-9H,3-4,7,10-12H2,1-2H3,(H,19,20). The summed E-state index contributed by atoms with van der Waals surface area (Å²) in [6.07, 6.45) is 3.08. The lowest BCUT2D eigenvalue weighted by Crippen LogP contribution is -2.32. The Kier molecular flexibility index (Phi) is 6.77. The average Bonchev–Trinajstić information content (AvgIpc) is 2.45. The molecule has 0 unspecified atom stereocenters. The monoisotopic (exact) mass is 277 g/mol. The normalized spacial score (nSPS) is 10.3. The molecule has 0 heterocycles. The number of aromatic carboxylic acids is 1. The van der Waals surface area contributed by atoms with Gasteiger partial charge in [-0.1, -0.05) is 26.0 Å². The van der Waals surface area contributed by atoms with Gasteiger partial charge in [-0.15, -0.1) is 0 Å². The molecule has 0 spiro atoms. The van der Waals surface area contributed by atoms with Crippen molar-refractivity contribution in [3.05, 3.63) is 35.4 Å². The molecule has 0 saturated carbocycles. The van der Waals surface area contributed by atoms with Gasteiger partial charge in [0.15, 0.2) is 0 Å². The van der Waals surface area contributed by atoms with Crippen molar-refractivity contribution in [1.82, 2.24) is 4.90 Å². The summed E-state index contributed by atoms with van der Waals surface area (Å²) in [5.41, 5.74) is 1.27. The van der Waals surface area contributed by atoms with Crippen molar-refractivity contribution < 1.29 is 14.7 Å². The fourth-order valence-corrected chi connectivity index (χ4v) is 2.12. The van der Waals surface area contributed by atoms with Crippen molar-refractivity contribution in [2.45, 2.75) is 39.5 Å². The van der Waals surface area contributed by atoms with Crippen LogP contribution in [0, 0.1) is 0 Å². The maximum Gasteiger partial charge on any atom is 0.335 e. The van der Waals surface area contributed by atoms with E-state index in [1.165, 1.54) is 0 Å². The van der Waals surface area contributed by atoms with Crippen LogP contribution in [0.4, 0.5) is 0 Å². The number of benzene rings is 1. The summed E-state index contributed by atoms with van der Waals surface area (Å²) < 4.78 is 0. The van der Waals surface area contributed by atoms with Gasteiger partial charge in [-0.2, -0.15) is 0 Å². The lowest BCUT2D eigenvalue weighted by Gasteiger charge is -2.21. The van der Waals surface area contributed by atoms with Crippen molar-refractivity contribution >= 4 is 11.9 Å². The summed E-state index contributed by atoms with van der Waals surface area (Å²) in [6.45, 7) is 5.76. The smallest absolute Gasteiger partial charge is 0.335 e. The number of amides is 1. The van der Waals surface area contributed by atoms with E-state index >= 15 is 0 Å². The van der Waals surface area contributed by atoms with E-state index in [0.717, 1.165) is 31.5 Å². The van der Waals surface area contributed by atoms with Gasteiger partial charge in [-0.25, -0.2) is 4.79 Å². The van der Waals surface area contributed by atoms with E-state index in [-0.39, 0.29) is 11.5 Å². The van der Waals surface area contributed by atoms with Crippen LogP contribution < -0.4 is 0 Å². The molecular formula is C16H23NO3. The molecule has 0 aliphatic heterocycles. The molecule has 4 nitrogen and oxygen atoms in total. The minimum absolute atomic E-state index is 0.177. The zero-order valence-corrected chi connectivity index (χ0v) is 12.3. The first-order valence-corrected chi connectivity index (χ1v) is 7.18. The molecule has 1 aromatic rings. The molecule has 0 aromatic heterocycles. The molecule has 0 saturated heterocycles. The van der Waals surface area contributed by atoms with Crippen LogP contribution >= 0.6 is 0 Å². The quantitative estimate of drug-likeness (QED) is 0.794. The highest BCUT2D eigenvalue weighted by molar-refractivity contribution is 5.87. The Balaban J connectivity index is 2.52. The number of aryl methyl sites for hydroxylation is 1. The minimum atomic E-state index is -0.926. The number of carboxylic acids is 1. The molecule has 1 amide bonds. The Bertz CT molecular complexity index is 434. The third-order valence-corrected chi connectivity index (χ3v) is 3.17. The van der Waals surface area contributed by atoms with E-state index in [9.17, 15) is 9.59 Å². The van der Waals surface area contributed by atoms with Gasteiger partial charge in [0, 0.05) is 19.5 Å². The highest BCUT2D eigenvalue weighted by Gasteiger charge is 2.11. The SMILES string of the molecule is CCCN(CCC)C(=O)CCc1ccc(C(=O)O)cc1. The van der Waals surface area contributed by atoms with Crippen molar-refractivity contribution in [2.75, 3.05) is 13.1 Å². The highest BCUT2D eigenvalue weighted by Crippen LogP contribution is 2.08. The summed E-state index contributed by atoms with van der Waals surface area (Å²) in [6, 6.07) is 6.72. The van der Waals surface area contributed by atoms with Gasteiger partial charge < -0.3 is 10.0 Å². The van der Waals surface area contributed by atoms with Gasteiger partial charge in [-0.05, 0) is 37.0 Å². The van der Waals surface area contributed by atoms with E-state index in [4.69, 9.17) is 5.11 Å². The summed E-state index contributed by atoms with van der Waals surface area (Å²) in [5, 5.41) is 8.82. The molecule has 1 aromatic carbocycles. The Morgan fingerprint density at radius 1 is 1.05 bits per heavy atom. The molecule has 0 atom stereocenters. The van der Waals surface area contributed by atoms with Gasteiger partial charge in [0.05, 0.1) is 5.56 Å². The van der Waals surface area contributed by atoms with Crippen LogP contribution in [0.2, 0.25) is 0 Å². The Labute approximate surface area is 120 Å². The second-order valence-corrected chi connectivity index (χ2v) is 4.88. The number of nitrogens with zero attached hydrogens (tertiary/aromatic N) is 1. The van der Waals surface area contributed by atoms with E-state index < -0.39 is 5.97 Å². The molecule has 20 heavy (non-hydrogen) atoms. The lowest BCUT2D eigenvalue weighted by molar-refractivity contribution is -0.131. The van der Waals surface area contributed by atoms with Gasteiger partial charge in [0.2, 0.25) is 5.91 Å². The first-order valence-electron chi connectivity index (χ1n) is 7.18. The molecule has 0 fully saturated rings. The zero-order valence-electron chi connectivity index (χ0n) is 12.3. The molecule has 4 heteroatoms. The fourth-order valence-electron chi connectivity index (χ4n) is 2.12. The molecule has 1 N–H and O–H groups in total. The second-order valence-electron chi connectivity index (χ2n) is 4.88. The maximum atomic E-state index is 12.1. The molecule has 0 aliphatic rings. The van der Waals surface area contributed by atoms with E-state index in [1.54, 1.807) is 24.3 Å². The third kappa shape index (κ3) is 5.03. The zero-order chi connectivity index (χ0) is 15.0. The first kappa shape index (κ1) is 16.2. The van der Waals surface area contributed by atoms with Crippen molar-refractivity contribution in [1.29, 1.82) is 0 Å². The van der Waals surface area contributed by atoms with E-state index in [1.807, 2.05) is 4.90 Å². The molecule has 1 rings (SSSR count). The predicted molar refractivity (Wildman–Crippen MR) is 78.9 cm³/mol. The van der Waals surface area contributed by atoms with Crippen LogP contribution in [0.1, 0.15) is 49.0 Å². The molecule has 0 radical (unpaired) electrons. The Morgan fingerprint density at radius 2 is 1.60 bits per heavy atom. The van der Waals surface area contributed by atoms with Crippen LogP contribution in [0.15, 0.2) is 24.3 Å². The summed E-state index contributed by atoms with van der Waals surface area (Å²) in [4.78, 5) is 24.8. The first-order chi connectivity index (χ1) is 9.58. The molecule has 0 aliphatic carbocycles. The average molecular weight is 277 g/mol. The predicted octanol–water partition coefficient (Wildman–Crippen LogP) is 2.97. The van der Waals surface area contributed by atoms with Gasteiger partial charge >= 0.3 is 5.97 Å². The fraction of sp³-hybridized carbons (Fsp3) is 0.500. The van der Waals surface area contributed by atoms with Gasteiger partial charge in [-0.3, -0.25) is 4.79 Å². The number of carboxylic acid groups (broad SMARTS) is 1. The van der Waals surface area contributed by atoms with Crippen LogP contribution in [-0.4, -0.2) is 35.0 Å². The van der Waals surface area contributed by atoms with Crippen LogP contribution in [0.5, 0.6) is 0 Å². The van der Waals surface area contributed by atoms with Gasteiger partial charge in [0.1, 0.15) is 0 Å². The maximum absolute atomic E-state index is 12.1. The minimum Gasteiger partial charge on any atom is -0.478 e. The van der Waals surface area contributed by atoms with Crippen LogP contribution in [-0.2, 0) is 11.2 Å². The topological polar surface area (TPSA) is 57.6 Å². The van der Waals surface area contributed by atoms with Gasteiger partial charge in [0.25, 0.3) is 0 Å². The van der Waals surface area contributed by atoms with E-state index in [0.29, 0.717) is 12.8 Å². The van der Waals surface area contributed by atoms with Crippen molar-refractivity contribution in [3.8, 4) is 0 Å². The molecular weight excluding hydrogens is 254 g/mol. The number of carbonyl (C=O) groups is 2. The van der Waals surface area contributed by atoms with Crippen LogP contribution in [0.3, 0.4) is 0 Å². The summed E-state index contributed by atoms with van der Waals surface area (Å²) in [7, 11) is 0. The van der Waals surface area contributed by atoms with Crippen molar-refractivity contribution in [3.63, 3.8) is 0 Å². The van der Waals surface area contributed by atoms with Crippen LogP contribution in [0.25, 0.3) is 0 Å². The summed E-state index contributed by atoms with van der Waals surface area (Å²) >= 11 is 0. The molecule has 110 valence electrons. The lowest BCUT2D eigenvalue weighted by atomic mass is 10.1. The Morgan fingerprint density at radius 3 is 2.05 bits per heavy atom. The largest absolute Gasteiger partial charge is 0.478 e. The molecule has 0 bridgehead atoms. The van der Waals surface area contributed by atoms with Crippen molar-refractivity contribution in [2.24, 2.45) is 0 Å². The number of hydrogen-bond donors (Lipinski definition) is 1. The number of carbonyl (C=O) groups excluding carboxylic acids is 1. The third-order valence-electron chi connectivity index (χ3n) is 3.17. The Hall–Kier alpha value is -1.84. The van der Waals surface area contributed by atoms with E-state index in [2.05, 4.69) is 13.8 Å². The highest BCUT2D eigenvalue weighted by atomic mass is 16.4. The number of hydrogen-bond acceptors (Lipinski definition) is 2.